The fourth-order valence-electron chi connectivity index (χ4n) is 3.77. The smallest absolute Gasteiger partial charge is 0.0546 e. The van der Waals surface area contributed by atoms with Crippen molar-refractivity contribution >= 4 is 22.2 Å². The zero-order valence-electron chi connectivity index (χ0n) is 15.1. The number of fused-ring (bicyclic) bond motifs is 1. The highest BCUT2D eigenvalue weighted by atomic mass is 32.1. The minimum Gasteiger partial charge on any atom is -0.354 e. The number of thiophene rings is 1. The molecule has 0 radical (unpaired) electrons. The van der Waals surface area contributed by atoms with Gasteiger partial charge in [0.25, 0.3) is 0 Å². The predicted molar refractivity (Wildman–Crippen MR) is 117 cm³/mol. The first-order chi connectivity index (χ1) is 13.3. The van der Waals surface area contributed by atoms with Crippen LogP contribution >= 0.6 is 11.3 Å². The van der Waals surface area contributed by atoms with E-state index in [0.717, 1.165) is 5.69 Å². The quantitative estimate of drug-likeness (QED) is 0.340. The largest absolute Gasteiger partial charge is 0.354 e. The average Bonchev–Trinajstić information content (AvgIpc) is 3.38. The Labute approximate surface area is 162 Å². The van der Waals surface area contributed by atoms with E-state index in [1.807, 2.05) is 0 Å². The Hall–Kier alpha value is -3.10. The maximum absolute atomic E-state index is 3.71. The third-order valence-corrected chi connectivity index (χ3v) is 6.00. The molecule has 0 spiro atoms. The number of aromatic nitrogens is 1. The van der Waals surface area contributed by atoms with Gasteiger partial charge < -0.3 is 4.98 Å². The summed E-state index contributed by atoms with van der Waals surface area (Å²) in [6, 6.07) is 30.3. The molecule has 5 aromatic rings. The molecule has 0 bridgehead atoms. The molecule has 2 aromatic heterocycles. The second kappa shape index (κ2) is 6.57. The molecule has 0 unspecified atom stereocenters. The second-order valence-corrected chi connectivity index (χ2v) is 7.74. The molecule has 0 fully saturated rings. The molecule has 130 valence electrons. The molecule has 1 N–H and O–H groups in total. The molecule has 0 amide bonds. The van der Waals surface area contributed by atoms with Gasteiger partial charge in [0.1, 0.15) is 0 Å². The average molecular weight is 366 g/mol. The Bertz CT molecular complexity index is 1230. The Morgan fingerprint density at radius 3 is 2.19 bits per heavy atom. The lowest BCUT2D eigenvalue weighted by Gasteiger charge is -2.11. The summed E-state index contributed by atoms with van der Waals surface area (Å²) < 4.78 is 0. The van der Waals surface area contributed by atoms with Crippen LogP contribution in [0.1, 0.15) is 5.56 Å². The van der Waals surface area contributed by atoms with E-state index < -0.39 is 0 Å². The Kier molecular flexibility index (Phi) is 3.92. The van der Waals surface area contributed by atoms with E-state index in [4.69, 9.17) is 0 Å². The second-order valence-electron chi connectivity index (χ2n) is 6.79. The fourth-order valence-corrected chi connectivity index (χ4v) is 4.52. The van der Waals surface area contributed by atoms with Gasteiger partial charge >= 0.3 is 0 Å². The highest BCUT2D eigenvalue weighted by molar-refractivity contribution is 7.13. The molecule has 5 rings (SSSR count). The summed E-state index contributed by atoms with van der Waals surface area (Å²) in [7, 11) is 0. The van der Waals surface area contributed by atoms with E-state index in [9.17, 15) is 0 Å². The van der Waals surface area contributed by atoms with Crippen molar-refractivity contribution < 1.29 is 0 Å². The number of hydrogen-bond donors (Lipinski definition) is 1. The van der Waals surface area contributed by atoms with E-state index in [1.54, 1.807) is 11.3 Å². The summed E-state index contributed by atoms with van der Waals surface area (Å²) in [6.45, 7) is 2.17. The Morgan fingerprint density at radius 1 is 0.667 bits per heavy atom. The zero-order valence-corrected chi connectivity index (χ0v) is 15.9. The maximum Gasteiger partial charge on any atom is 0.0546 e. The molecule has 0 saturated carbocycles. The van der Waals surface area contributed by atoms with E-state index in [2.05, 4.69) is 102 Å². The van der Waals surface area contributed by atoms with Crippen molar-refractivity contribution in [1.82, 2.24) is 4.98 Å². The third kappa shape index (κ3) is 2.79. The fraction of sp³-hybridized carbons (Fsp3) is 0.0400. The Morgan fingerprint density at radius 2 is 1.41 bits per heavy atom. The van der Waals surface area contributed by atoms with Gasteiger partial charge in [-0.3, -0.25) is 0 Å². The highest BCUT2D eigenvalue weighted by Crippen LogP contribution is 2.37. The van der Waals surface area contributed by atoms with Gasteiger partial charge in [0, 0.05) is 27.1 Å². The van der Waals surface area contributed by atoms with Gasteiger partial charge in [-0.05, 0) is 41.1 Å². The number of hydrogen-bond acceptors (Lipinski definition) is 1. The number of aryl methyl sites for hydroxylation is 1. The number of benzene rings is 3. The van der Waals surface area contributed by atoms with Crippen LogP contribution in [0.15, 0.2) is 90.3 Å². The van der Waals surface area contributed by atoms with Crippen LogP contribution in [0.3, 0.4) is 0 Å². The lowest BCUT2D eigenvalue weighted by molar-refractivity contribution is 1.42. The van der Waals surface area contributed by atoms with E-state index in [1.165, 1.54) is 43.6 Å². The SMILES string of the molecule is Cc1ccccc1-c1ccccc1-c1cc2cccc(-c3cccs3)c2[nH]1. The van der Waals surface area contributed by atoms with Crippen molar-refractivity contribution in [2.24, 2.45) is 0 Å². The zero-order chi connectivity index (χ0) is 18.2. The van der Waals surface area contributed by atoms with Crippen molar-refractivity contribution in [3.05, 3.63) is 95.9 Å². The number of nitrogens with one attached hydrogen (secondary N) is 1. The van der Waals surface area contributed by atoms with Crippen molar-refractivity contribution in [2.75, 3.05) is 0 Å². The lowest BCUT2D eigenvalue weighted by atomic mass is 9.94. The first-order valence-electron chi connectivity index (χ1n) is 9.12. The molecule has 2 heterocycles. The van der Waals surface area contributed by atoms with Crippen LogP contribution in [0.2, 0.25) is 0 Å². The van der Waals surface area contributed by atoms with Crippen LogP contribution in [-0.4, -0.2) is 4.98 Å². The Balaban J connectivity index is 1.72. The molecule has 0 aliphatic carbocycles. The topological polar surface area (TPSA) is 15.8 Å². The first kappa shape index (κ1) is 16.1. The van der Waals surface area contributed by atoms with Crippen LogP contribution < -0.4 is 0 Å². The molecular formula is C25H19NS. The van der Waals surface area contributed by atoms with Crippen LogP contribution in [0.25, 0.3) is 43.7 Å². The van der Waals surface area contributed by atoms with Gasteiger partial charge in [0.05, 0.1) is 5.52 Å². The van der Waals surface area contributed by atoms with E-state index in [0.29, 0.717) is 0 Å². The minimum absolute atomic E-state index is 1.16. The van der Waals surface area contributed by atoms with Crippen molar-refractivity contribution in [2.45, 2.75) is 6.92 Å². The maximum atomic E-state index is 3.71. The van der Waals surface area contributed by atoms with Gasteiger partial charge in [-0.15, -0.1) is 11.3 Å². The summed E-state index contributed by atoms with van der Waals surface area (Å²) >= 11 is 1.78. The number of rotatable bonds is 3. The van der Waals surface area contributed by atoms with Crippen LogP contribution in [0, 0.1) is 6.92 Å². The van der Waals surface area contributed by atoms with Gasteiger partial charge in [0.15, 0.2) is 0 Å². The third-order valence-electron chi connectivity index (χ3n) is 5.10. The molecule has 1 nitrogen and oxygen atoms in total. The molecule has 0 atom stereocenters. The highest BCUT2D eigenvalue weighted by Gasteiger charge is 2.13. The summed E-state index contributed by atoms with van der Waals surface area (Å²) in [4.78, 5) is 5.00. The molecular weight excluding hydrogens is 346 g/mol. The number of aromatic amines is 1. The summed E-state index contributed by atoms with van der Waals surface area (Å²) in [5.74, 6) is 0. The van der Waals surface area contributed by atoms with Gasteiger partial charge in [-0.1, -0.05) is 72.8 Å². The molecule has 3 aromatic carbocycles. The molecule has 27 heavy (non-hydrogen) atoms. The van der Waals surface area contributed by atoms with Gasteiger partial charge in [-0.25, -0.2) is 0 Å². The lowest BCUT2D eigenvalue weighted by Crippen LogP contribution is -1.87. The van der Waals surface area contributed by atoms with Gasteiger partial charge in [0.2, 0.25) is 0 Å². The predicted octanol–water partition coefficient (Wildman–Crippen LogP) is 7.54. The molecule has 2 heteroatoms. The van der Waals surface area contributed by atoms with E-state index >= 15 is 0 Å². The van der Waals surface area contributed by atoms with Gasteiger partial charge in [-0.2, -0.15) is 0 Å². The van der Waals surface area contributed by atoms with Crippen molar-refractivity contribution in [3.63, 3.8) is 0 Å². The molecule has 0 saturated heterocycles. The van der Waals surface area contributed by atoms with Crippen molar-refractivity contribution in [1.29, 1.82) is 0 Å². The molecule has 0 aliphatic rings. The summed E-state index contributed by atoms with van der Waals surface area (Å²) in [5, 5.41) is 3.38. The first-order valence-corrected chi connectivity index (χ1v) is 10.0. The van der Waals surface area contributed by atoms with Crippen LogP contribution in [0.4, 0.5) is 0 Å². The summed E-state index contributed by atoms with van der Waals surface area (Å²) in [5.41, 5.74) is 8.70. The van der Waals surface area contributed by atoms with Crippen molar-refractivity contribution in [3.8, 4) is 32.8 Å². The van der Waals surface area contributed by atoms with Crippen LogP contribution in [0.5, 0.6) is 0 Å². The summed E-state index contributed by atoms with van der Waals surface area (Å²) in [6.07, 6.45) is 0. The van der Waals surface area contributed by atoms with E-state index in [-0.39, 0.29) is 0 Å². The normalized spacial score (nSPS) is 11.1. The van der Waals surface area contributed by atoms with Crippen LogP contribution in [-0.2, 0) is 0 Å². The molecule has 0 aliphatic heterocycles. The number of para-hydroxylation sites is 1. The minimum atomic E-state index is 1.16. The monoisotopic (exact) mass is 365 g/mol. The number of H-pyrrole nitrogens is 1. The standard InChI is InChI=1S/C25H19NS/c1-17-8-2-3-10-19(17)20-11-4-5-12-21(20)23-16-18-9-6-13-22(25(18)26-23)24-14-7-15-27-24/h2-16,26H,1H3.